The number of carbonyl (C=O) groups is 4. The number of anilines is 1. The van der Waals surface area contributed by atoms with E-state index in [1.54, 1.807) is 22.8 Å². The Balaban J connectivity index is 1.45. The van der Waals surface area contributed by atoms with E-state index < -0.39 is 41.7 Å². The van der Waals surface area contributed by atoms with Crippen molar-refractivity contribution in [1.82, 2.24) is 10.2 Å². The van der Waals surface area contributed by atoms with Gasteiger partial charge in [-0.15, -0.1) is 0 Å². The number of aliphatic hydroxyl groups excluding tert-OH is 1. The molecule has 4 heterocycles. The Morgan fingerprint density at radius 1 is 1.02 bits per heavy atom. The van der Waals surface area contributed by atoms with Crippen LogP contribution < -0.4 is 10.2 Å². The Kier molecular flexibility index (Phi) is 9.12. The summed E-state index contributed by atoms with van der Waals surface area (Å²) in [4.78, 5) is 58.7. The van der Waals surface area contributed by atoms with E-state index in [0.717, 1.165) is 10.8 Å². The third kappa shape index (κ3) is 5.81. The van der Waals surface area contributed by atoms with Gasteiger partial charge in [0.25, 0.3) is 5.91 Å². The first-order chi connectivity index (χ1) is 21.7. The predicted octanol–water partition coefficient (Wildman–Crippen LogP) is 3.61. The van der Waals surface area contributed by atoms with Gasteiger partial charge in [-0.05, 0) is 61.6 Å². The van der Waals surface area contributed by atoms with Gasteiger partial charge in [-0.25, -0.2) is 0 Å². The zero-order valence-electron chi connectivity index (χ0n) is 25.2. The lowest BCUT2D eigenvalue weighted by atomic mass is 9.74. The Morgan fingerprint density at radius 2 is 1.82 bits per heavy atom. The van der Waals surface area contributed by atoms with Crippen LogP contribution in [-0.2, 0) is 28.7 Å². The topological polar surface area (TPSA) is 125 Å². The Morgan fingerprint density at radius 3 is 2.62 bits per heavy atom. The minimum Gasteiger partial charge on any atom is -0.460 e. The number of likely N-dealkylation sites (tertiary alicyclic amines) is 1. The summed E-state index contributed by atoms with van der Waals surface area (Å²) in [6, 6.07) is 12.7. The number of hydrogen-bond donors (Lipinski definition) is 2. The molecule has 45 heavy (non-hydrogen) atoms. The van der Waals surface area contributed by atoms with Gasteiger partial charge >= 0.3 is 5.97 Å². The maximum atomic E-state index is 14.9. The molecule has 2 saturated heterocycles. The molecule has 2 aromatic rings. The van der Waals surface area contributed by atoms with Crippen LogP contribution in [0.25, 0.3) is 10.8 Å². The molecule has 0 saturated carbocycles. The lowest BCUT2D eigenvalue weighted by molar-refractivity contribution is -0.158. The number of amides is 3. The summed E-state index contributed by atoms with van der Waals surface area (Å²) < 4.78 is 12.9. The summed E-state index contributed by atoms with van der Waals surface area (Å²) in [6.07, 6.45) is 6.69. The van der Waals surface area contributed by atoms with Crippen LogP contribution in [0.1, 0.15) is 39.0 Å². The molecule has 11 heteroatoms. The molecule has 10 nitrogen and oxygen atoms in total. The molecule has 5 bridgehead atoms. The van der Waals surface area contributed by atoms with E-state index in [0.29, 0.717) is 35.9 Å². The van der Waals surface area contributed by atoms with Gasteiger partial charge in [0.1, 0.15) is 29.8 Å². The average molecular weight is 681 g/mol. The molecule has 238 valence electrons. The van der Waals surface area contributed by atoms with Crippen molar-refractivity contribution in [2.45, 2.75) is 62.9 Å². The number of esters is 1. The van der Waals surface area contributed by atoms with Gasteiger partial charge in [-0.1, -0.05) is 58.4 Å². The Labute approximate surface area is 270 Å². The standard InChI is InChI=1S/C34H38BrN3O7/c1-21-20-36-26(40)12-4-2-7-15-37(24-14-13-22-10-5-6-11-23(22)18-24)32(42)30-34-19-25(35)29(45-34)27(33(43)44-21)28(34)31(41)38(30)16-8-3-9-17-39/h2,5-7,10-11,13-14,18-19,21,27-30,39H,3-4,8-9,12,15-17,20H2,1H3,(H,36,40)/b7-2-/t21-,27+,28-,29+,30+,34-/m1/s1. The Hall–Kier alpha value is -3.54. The fourth-order valence-electron chi connectivity index (χ4n) is 7.07. The van der Waals surface area contributed by atoms with Crippen molar-refractivity contribution < 1.29 is 33.8 Å². The molecule has 6 rings (SSSR count). The summed E-state index contributed by atoms with van der Waals surface area (Å²) in [5.74, 6) is -3.33. The first-order valence-corrected chi connectivity index (χ1v) is 16.4. The number of fused-ring (bicyclic) bond motifs is 3. The van der Waals surface area contributed by atoms with Crippen LogP contribution in [0.4, 0.5) is 5.69 Å². The van der Waals surface area contributed by atoms with E-state index in [9.17, 15) is 24.3 Å². The van der Waals surface area contributed by atoms with Crippen molar-refractivity contribution in [2.75, 3.05) is 31.1 Å². The van der Waals surface area contributed by atoms with Crippen molar-refractivity contribution >= 4 is 56.1 Å². The number of benzene rings is 2. The number of ether oxygens (including phenoxy) is 2. The van der Waals surface area contributed by atoms with Crippen molar-refractivity contribution in [3.05, 3.63) is 65.2 Å². The van der Waals surface area contributed by atoms with E-state index in [2.05, 4.69) is 21.2 Å². The second kappa shape index (κ2) is 13.1. The SMILES string of the molecule is C[C@@H]1CNC(=O)CC/C=C\CN(c2ccc3ccccc3c2)C(=O)[C@@H]2N(CCCCCO)C(=O)[C@H]3[C@H](C(=O)O1)[C@H]1O[C@@]23C=C1Br. The second-order valence-electron chi connectivity index (χ2n) is 12.2. The van der Waals surface area contributed by atoms with Crippen molar-refractivity contribution in [3.63, 3.8) is 0 Å². The van der Waals surface area contributed by atoms with Crippen LogP contribution >= 0.6 is 15.9 Å². The Bertz CT molecular complexity index is 1560. The van der Waals surface area contributed by atoms with E-state index in [4.69, 9.17) is 9.47 Å². The molecule has 3 amide bonds. The van der Waals surface area contributed by atoms with Gasteiger partial charge in [0.15, 0.2) is 0 Å². The van der Waals surface area contributed by atoms with Crippen LogP contribution in [0.5, 0.6) is 0 Å². The van der Waals surface area contributed by atoms with Crippen molar-refractivity contribution in [3.8, 4) is 0 Å². The third-order valence-corrected chi connectivity index (χ3v) is 9.88. The summed E-state index contributed by atoms with van der Waals surface area (Å²) in [5.41, 5.74) is -0.713. The number of halogens is 1. The third-order valence-electron chi connectivity index (χ3n) is 9.20. The molecule has 1 spiro atoms. The molecule has 2 fully saturated rings. The summed E-state index contributed by atoms with van der Waals surface area (Å²) in [7, 11) is 0. The molecular weight excluding hydrogens is 642 g/mol. The maximum Gasteiger partial charge on any atom is 0.313 e. The number of nitrogens with one attached hydrogen (secondary N) is 1. The second-order valence-corrected chi connectivity index (χ2v) is 13.1. The smallest absolute Gasteiger partial charge is 0.313 e. The average Bonchev–Trinajstić information content (AvgIpc) is 3.62. The first kappa shape index (κ1) is 31.4. The minimum atomic E-state index is -1.37. The lowest BCUT2D eigenvalue weighted by Gasteiger charge is -2.36. The lowest BCUT2D eigenvalue weighted by Crippen LogP contribution is -2.56. The molecule has 0 aliphatic carbocycles. The van der Waals surface area contributed by atoms with Crippen LogP contribution in [0.15, 0.2) is 65.2 Å². The summed E-state index contributed by atoms with van der Waals surface area (Å²) in [5, 5.41) is 14.1. The van der Waals surface area contributed by atoms with Gasteiger partial charge in [-0.3, -0.25) is 19.2 Å². The predicted molar refractivity (Wildman–Crippen MR) is 171 cm³/mol. The number of hydrogen-bond acceptors (Lipinski definition) is 7. The van der Waals surface area contributed by atoms with Gasteiger partial charge in [-0.2, -0.15) is 0 Å². The molecule has 0 unspecified atom stereocenters. The highest BCUT2D eigenvalue weighted by Gasteiger charge is 2.74. The monoisotopic (exact) mass is 679 g/mol. The highest BCUT2D eigenvalue weighted by molar-refractivity contribution is 9.11. The number of aliphatic hydroxyl groups is 1. The van der Waals surface area contributed by atoms with Crippen LogP contribution in [0.2, 0.25) is 0 Å². The zero-order valence-corrected chi connectivity index (χ0v) is 26.8. The quantitative estimate of drug-likeness (QED) is 0.272. The van der Waals surface area contributed by atoms with Crippen LogP contribution in [0.3, 0.4) is 0 Å². The fourth-order valence-corrected chi connectivity index (χ4v) is 7.80. The van der Waals surface area contributed by atoms with E-state index in [1.165, 1.54) is 0 Å². The van der Waals surface area contributed by atoms with E-state index >= 15 is 0 Å². The van der Waals surface area contributed by atoms with E-state index in [1.807, 2.05) is 54.6 Å². The largest absolute Gasteiger partial charge is 0.460 e. The molecule has 4 aliphatic rings. The number of carbonyl (C=O) groups excluding carboxylic acids is 4. The normalized spacial score (nSPS) is 31.2. The van der Waals surface area contributed by atoms with Crippen molar-refractivity contribution in [1.29, 1.82) is 0 Å². The van der Waals surface area contributed by atoms with Gasteiger partial charge < -0.3 is 29.7 Å². The molecular formula is C34H38BrN3O7. The summed E-state index contributed by atoms with van der Waals surface area (Å²) in [6.45, 7) is 2.36. The highest BCUT2D eigenvalue weighted by atomic mass is 79.9. The molecule has 0 aromatic heterocycles. The van der Waals surface area contributed by atoms with Gasteiger partial charge in [0.05, 0.1) is 12.5 Å². The van der Waals surface area contributed by atoms with Gasteiger partial charge in [0, 0.05) is 36.3 Å². The fraction of sp³-hybridized carbons (Fsp3) is 0.471. The van der Waals surface area contributed by atoms with Crippen LogP contribution in [-0.4, -0.2) is 83.8 Å². The van der Waals surface area contributed by atoms with E-state index in [-0.39, 0.29) is 50.4 Å². The van der Waals surface area contributed by atoms with Crippen molar-refractivity contribution in [2.24, 2.45) is 11.8 Å². The number of rotatable bonds is 6. The number of unbranched alkanes of at least 4 members (excludes halogenated alkanes) is 2. The minimum absolute atomic E-state index is 0.0397. The molecule has 2 aromatic carbocycles. The van der Waals surface area contributed by atoms with Crippen LogP contribution in [0, 0.1) is 11.8 Å². The molecule has 2 N–H and O–H groups in total. The first-order valence-electron chi connectivity index (χ1n) is 15.6. The highest BCUT2D eigenvalue weighted by Crippen LogP contribution is 2.59. The van der Waals surface area contributed by atoms with Gasteiger partial charge in [0.2, 0.25) is 11.8 Å². The zero-order chi connectivity index (χ0) is 31.7. The maximum absolute atomic E-state index is 14.9. The molecule has 4 aliphatic heterocycles. The number of cyclic esters (lactones) is 1. The molecule has 6 atom stereocenters. The molecule has 0 radical (unpaired) electrons. The summed E-state index contributed by atoms with van der Waals surface area (Å²) >= 11 is 3.58. The number of nitrogens with zero attached hydrogens (tertiary/aromatic N) is 2. The number of allylic oxidation sites excluding steroid dienone is 1.